The molecule has 3 heteroatoms. The zero-order valence-electron chi connectivity index (χ0n) is 12.3. The maximum atomic E-state index is 12.3. The molecule has 0 amide bonds. The van der Waals surface area contributed by atoms with Crippen LogP contribution in [-0.2, 0) is 23.6 Å². The van der Waals surface area contributed by atoms with E-state index in [1.54, 1.807) is 0 Å². The number of nitrogens with one attached hydrogen (secondary N) is 1. The molecule has 1 N–H and O–H groups in total. The fourth-order valence-corrected chi connectivity index (χ4v) is 3.61. The van der Waals surface area contributed by atoms with Gasteiger partial charge < -0.3 is 5.32 Å². The lowest BCUT2D eigenvalue weighted by molar-refractivity contribution is 0.427. The first kappa shape index (κ1) is 14.7. The first-order valence-corrected chi connectivity index (χ1v) is 8.53. The number of fused-ring (bicyclic) bond motifs is 1. The SMILES string of the molecule is CC(C)(C)NCCCS(=O)c1ccc2c(c1)CCC2. The van der Waals surface area contributed by atoms with Crippen molar-refractivity contribution in [1.82, 2.24) is 5.32 Å². The first-order valence-electron chi connectivity index (χ1n) is 7.21. The van der Waals surface area contributed by atoms with Crippen molar-refractivity contribution >= 4 is 10.8 Å². The summed E-state index contributed by atoms with van der Waals surface area (Å²) in [4.78, 5) is 1.01. The van der Waals surface area contributed by atoms with Gasteiger partial charge in [-0.2, -0.15) is 0 Å². The second-order valence-electron chi connectivity index (χ2n) is 6.36. The highest BCUT2D eigenvalue weighted by molar-refractivity contribution is 7.85. The molecule has 106 valence electrons. The quantitative estimate of drug-likeness (QED) is 0.839. The Morgan fingerprint density at radius 3 is 2.68 bits per heavy atom. The van der Waals surface area contributed by atoms with Gasteiger partial charge >= 0.3 is 0 Å². The Morgan fingerprint density at radius 1 is 1.21 bits per heavy atom. The molecular weight excluding hydrogens is 254 g/mol. The fraction of sp³-hybridized carbons (Fsp3) is 0.625. The highest BCUT2D eigenvalue weighted by Gasteiger charge is 2.13. The summed E-state index contributed by atoms with van der Waals surface area (Å²) in [7, 11) is -0.844. The summed E-state index contributed by atoms with van der Waals surface area (Å²) >= 11 is 0. The lowest BCUT2D eigenvalue weighted by Crippen LogP contribution is -2.36. The molecule has 1 aromatic rings. The van der Waals surface area contributed by atoms with Crippen LogP contribution >= 0.6 is 0 Å². The van der Waals surface area contributed by atoms with Crippen molar-refractivity contribution < 1.29 is 4.21 Å². The van der Waals surface area contributed by atoms with Crippen LogP contribution in [0.4, 0.5) is 0 Å². The smallest absolute Gasteiger partial charge is 0.0530 e. The van der Waals surface area contributed by atoms with E-state index in [4.69, 9.17) is 0 Å². The van der Waals surface area contributed by atoms with E-state index in [1.165, 1.54) is 24.0 Å². The monoisotopic (exact) mass is 279 g/mol. The van der Waals surface area contributed by atoms with E-state index in [0.717, 1.165) is 30.0 Å². The van der Waals surface area contributed by atoms with Crippen LogP contribution in [0.2, 0.25) is 0 Å². The van der Waals surface area contributed by atoms with Gasteiger partial charge in [0, 0.05) is 16.2 Å². The molecule has 0 bridgehead atoms. The predicted molar refractivity (Wildman–Crippen MR) is 82.1 cm³/mol. The van der Waals surface area contributed by atoms with Gasteiger partial charge in [-0.3, -0.25) is 4.21 Å². The summed E-state index contributed by atoms with van der Waals surface area (Å²) in [5, 5.41) is 3.44. The number of rotatable bonds is 5. The van der Waals surface area contributed by atoms with Crippen LogP contribution in [0.15, 0.2) is 23.1 Å². The lowest BCUT2D eigenvalue weighted by atomic mass is 10.1. The third-order valence-corrected chi connectivity index (χ3v) is 4.93. The molecule has 1 aliphatic carbocycles. The lowest BCUT2D eigenvalue weighted by Gasteiger charge is -2.20. The van der Waals surface area contributed by atoms with Crippen molar-refractivity contribution in [1.29, 1.82) is 0 Å². The fourth-order valence-electron chi connectivity index (χ4n) is 2.47. The Bertz CT molecular complexity index is 462. The topological polar surface area (TPSA) is 29.1 Å². The van der Waals surface area contributed by atoms with Crippen molar-refractivity contribution in [3.63, 3.8) is 0 Å². The maximum absolute atomic E-state index is 12.3. The van der Waals surface area contributed by atoms with E-state index < -0.39 is 10.8 Å². The third kappa shape index (κ3) is 4.43. The van der Waals surface area contributed by atoms with E-state index in [0.29, 0.717) is 0 Å². The molecule has 19 heavy (non-hydrogen) atoms. The number of hydrogen-bond donors (Lipinski definition) is 1. The normalized spacial score (nSPS) is 16.4. The van der Waals surface area contributed by atoms with E-state index >= 15 is 0 Å². The van der Waals surface area contributed by atoms with E-state index in [9.17, 15) is 4.21 Å². The minimum atomic E-state index is -0.844. The first-order chi connectivity index (χ1) is 8.96. The standard InChI is InChI=1S/C16H25NOS/c1-16(2,3)17-10-5-11-19(18)15-9-8-13-6-4-7-14(13)12-15/h8-9,12,17H,4-7,10-11H2,1-3H3. The summed E-state index contributed by atoms with van der Waals surface area (Å²) in [6.07, 6.45) is 4.56. The number of hydrogen-bond acceptors (Lipinski definition) is 2. The molecule has 0 spiro atoms. The van der Waals surface area contributed by atoms with Crippen LogP contribution < -0.4 is 5.32 Å². The van der Waals surface area contributed by atoms with Crippen molar-refractivity contribution in [3.8, 4) is 0 Å². The second-order valence-corrected chi connectivity index (χ2v) is 7.93. The average molecular weight is 279 g/mol. The molecule has 0 saturated carbocycles. The molecule has 0 heterocycles. The van der Waals surface area contributed by atoms with Crippen molar-refractivity contribution in [2.45, 2.75) is 56.9 Å². The van der Waals surface area contributed by atoms with Gasteiger partial charge in [0.1, 0.15) is 0 Å². The van der Waals surface area contributed by atoms with Crippen LogP contribution in [0.5, 0.6) is 0 Å². The predicted octanol–water partition coefficient (Wildman–Crippen LogP) is 3.06. The Labute approximate surface area is 119 Å². The zero-order valence-corrected chi connectivity index (χ0v) is 13.1. The van der Waals surface area contributed by atoms with Gasteiger partial charge in [-0.1, -0.05) is 6.07 Å². The number of aryl methyl sites for hydroxylation is 2. The highest BCUT2D eigenvalue weighted by Crippen LogP contribution is 2.24. The molecule has 0 aliphatic heterocycles. The molecule has 2 rings (SSSR count). The summed E-state index contributed by atoms with van der Waals surface area (Å²) in [6.45, 7) is 7.40. The van der Waals surface area contributed by atoms with E-state index in [1.807, 2.05) is 0 Å². The molecule has 1 aromatic carbocycles. The molecule has 1 unspecified atom stereocenters. The number of benzene rings is 1. The van der Waals surface area contributed by atoms with Crippen LogP contribution in [0, 0.1) is 0 Å². The van der Waals surface area contributed by atoms with Gasteiger partial charge in [0.15, 0.2) is 0 Å². The van der Waals surface area contributed by atoms with Gasteiger partial charge in [-0.25, -0.2) is 0 Å². The van der Waals surface area contributed by atoms with Crippen molar-refractivity contribution in [2.75, 3.05) is 12.3 Å². The molecule has 0 radical (unpaired) electrons. The maximum Gasteiger partial charge on any atom is 0.0530 e. The second kappa shape index (κ2) is 6.19. The summed E-state index contributed by atoms with van der Waals surface area (Å²) in [5.41, 5.74) is 3.02. The largest absolute Gasteiger partial charge is 0.312 e. The molecule has 1 atom stereocenters. The molecule has 0 saturated heterocycles. The van der Waals surface area contributed by atoms with E-state index in [-0.39, 0.29) is 5.54 Å². The summed E-state index contributed by atoms with van der Waals surface area (Å²) < 4.78 is 12.3. The third-order valence-electron chi connectivity index (χ3n) is 3.49. The van der Waals surface area contributed by atoms with Gasteiger partial charge in [0.05, 0.1) is 10.8 Å². The Balaban J connectivity index is 1.83. The Kier molecular flexibility index (Phi) is 4.80. The Morgan fingerprint density at radius 2 is 1.95 bits per heavy atom. The van der Waals surface area contributed by atoms with Crippen LogP contribution in [0.3, 0.4) is 0 Å². The molecule has 0 fully saturated rings. The molecular formula is C16H25NOS. The molecule has 0 aromatic heterocycles. The molecule has 1 aliphatic rings. The van der Waals surface area contributed by atoms with Crippen molar-refractivity contribution in [3.05, 3.63) is 29.3 Å². The van der Waals surface area contributed by atoms with Gasteiger partial charge in [0.2, 0.25) is 0 Å². The molecule has 2 nitrogen and oxygen atoms in total. The zero-order chi connectivity index (χ0) is 13.9. The van der Waals surface area contributed by atoms with E-state index in [2.05, 4.69) is 44.3 Å². The van der Waals surface area contributed by atoms with Crippen molar-refractivity contribution in [2.24, 2.45) is 0 Å². The Hall–Kier alpha value is -0.670. The minimum Gasteiger partial charge on any atom is -0.312 e. The van der Waals surface area contributed by atoms with Crippen LogP contribution in [-0.4, -0.2) is 22.0 Å². The van der Waals surface area contributed by atoms with Gasteiger partial charge in [0.25, 0.3) is 0 Å². The van der Waals surface area contributed by atoms with Crippen LogP contribution in [0.1, 0.15) is 44.7 Å². The summed E-state index contributed by atoms with van der Waals surface area (Å²) in [5.74, 6) is 0.752. The highest BCUT2D eigenvalue weighted by atomic mass is 32.2. The average Bonchev–Trinajstić information content (AvgIpc) is 2.80. The van der Waals surface area contributed by atoms with Gasteiger partial charge in [-0.15, -0.1) is 0 Å². The summed E-state index contributed by atoms with van der Waals surface area (Å²) in [6, 6.07) is 6.38. The minimum absolute atomic E-state index is 0.148. The van der Waals surface area contributed by atoms with Crippen LogP contribution in [0.25, 0.3) is 0 Å². The van der Waals surface area contributed by atoms with Gasteiger partial charge in [-0.05, 0) is 76.3 Å².